The van der Waals surface area contributed by atoms with Gasteiger partial charge < -0.3 is 9.84 Å². The Hall–Kier alpha value is -1.25. The average Bonchev–Trinajstić information content (AvgIpc) is 2.27. The first kappa shape index (κ1) is 13.2. The van der Waals surface area contributed by atoms with Gasteiger partial charge in [-0.1, -0.05) is 48.0 Å². The van der Waals surface area contributed by atoms with Crippen LogP contribution in [0.5, 0.6) is 5.75 Å². The molecule has 2 rings (SSSR count). The van der Waals surface area contributed by atoms with Crippen molar-refractivity contribution in [1.29, 1.82) is 0 Å². The van der Waals surface area contributed by atoms with Crippen molar-refractivity contribution in [3.05, 3.63) is 42.5 Å². The van der Waals surface area contributed by atoms with Gasteiger partial charge in [0.1, 0.15) is 16.9 Å². The zero-order chi connectivity index (χ0) is 13.2. The van der Waals surface area contributed by atoms with Gasteiger partial charge in [-0.05, 0) is 25.3 Å². The van der Waals surface area contributed by atoms with Crippen LogP contribution in [0.25, 0.3) is 10.8 Å². The molecule has 0 spiro atoms. The van der Waals surface area contributed by atoms with Crippen molar-refractivity contribution >= 4 is 22.4 Å². The number of aliphatic hydroxyl groups is 1. The molecule has 0 amide bonds. The summed E-state index contributed by atoms with van der Waals surface area (Å²) in [4.78, 5) is 0. The van der Waals surface area contributed by atoms with E-state index in [4.69, 9.17) is 16.3 Å². The van der Waals surface area contributed by atoms with Crippen molar-refractivity contribution in [3.8, 4) is 5.75 Å². The number of rotatable bonds is 4. The molecule has 0 aliphatic carbocycles. The molecule has 2 aromatic rings. The number of alkyl halides is 1. The summed E-state index contributed by atoms with van der Waals surface area (Å²) in [5, 5.41) is 11.5. The van der Waals surface area contributed by atoms with Crippen LogP contribution in [-0.4, -0.2) is 16.3 Å². The van der Waals surface area contributed by atoms with E-state index >= 15 is 0 Å². The van der Waals surface area contributed by atoms with Gasteiger partial charge in [0.05, 0.1) is 0 Å². The van der Waals surface area contributed by atoms with Crippen LogP contribution >= 0.6 is 11.6 Å². The van der Waals surface area contributed by atoms with Crippen LogP contribution in [0.15, 0.2) is 42.5 Å². The minimum atomic E-state index is -0.894. The highest BCUT2D eigenvalue weighted by Crippen LogP contribution is 2.30. The zero-order valence-electron chi connectivity index (χ0n) is 10.6. The molecule has 0 radical (unpaired) electrons. The highest BCUT2D eigenvalue weighted by atomic mass is 35.5. The molecule has 1 unspecified atom stereocenters. The van der Waals surface area contributed by atoms with E-state index in [0.29, 0.717) is 6.42 Å². The normalized spacial score (nSPS) is 13.6. The molecule has 0 heterocycles. The van der Waals surface area contributed by atoms with Crippen molar-refractivity contribution in [2.24, 2.45) is 0 Å². The fourth-order valence-electron chi connectivity index (χ4n) is 2.03. The van der Waals surface area contributed by atoms with E-state index in [2.05, 4.69) is 0 Å². The Morgan fingerprint density at radius 1 is 1.17 bits per heavy atom. The molecule has 1 atom stereocenters. The van der Waals surface area contributed by atoms with Crippen LogP contribution in [-0.2, 0) is 0 Å². The monoisotopic (exact) mass is 264 g/mol. The fourth-order valence-corrected chi connectivity index (χ4v) is 2.40. The van der Waals surface area contributed by atoms with Crippen LogP contribution in [0.2, 0.25) is 0 Å². The van der Waals surface area contributed by atoms with E-state index in [0.717, 1.165) is 16.5 Å². The molecule has 0 aromatic heterocycles. The highest BCUT2D eigenvalue weighted by Gasteiger charge is 2.23. The quantitative estimate of drug-likeness (QED) is 0.848. The molecule has 3 heteroatoms. The summed E-state index contributed by atoms with van der Waals surface area (Å²) >= 11 is 5.62. The number of benzene rings is 2. The van der Waals surface area contributed by atoms with Gasteiger partial charge >= 0.3 is 0 Å². The Morgan fingerprint density at radius 3 is 2.56 bits per heavy atom. The third-order valence-corrected chi connectivity index (χ3v) is 2.95. The number of halogens is 1. The third-order valence-electron chi connectivity index (χ3n) is 2.80. The molecule has 2 nitrogen and oxygen atoms in total. The Labute approximate surface area is 112 Å². The second-order valence-electron chi connectivity index (χ2n) is 4.98. The molecule has 18 heavy (non-hydrogen) atoms. The molecule has 0 saturated carbocycles. The Morgan fingerprint density at radius 2 is 1.83 bits per heavy atom. The Bertz CT molecular complexity index is 530. The second kappa shape index (κ2) is 5.17. The SMILES string of the molecule is CC(C)(CC(O)Cl)Oc1cccc2ccccc12. The van der Waals surface area contributed by atoms with Gasteiger partial charge in [-0.15, -0.1) is 0 Å². The Kier molecular flexibility index (Phi) is 3.79. The van der Waals surface area contributed by atoms with Crippen molar-refractivity contribution in [1.82, 2.24) is 0 Å². The number of hydrogen-bond acceptors (Lipinski definition) is 2. The molecule has 0 aliphatic rings. The van der Waals surface area contributed by atoms with Crippen LogP contribution in [0.1, 0.15) is 20.3 Å². The van der Waals surface area contributed by atoms with Gasteiger partial charge in [-0.2, -0.15) is 0 Å². The standard InChI is InChI=1S/C15H17ClO2/c1-15(2,10-14(16)17)18-13-9-5-7-11-6-3-4-8-12(11)13/h3-9,14,17H,10H2,1-2H3. The fraction of sp³-hybridized carbons (Fsp3) is 0.333. The summed E-state index contributed by atoms with van der Waals surface area (Å²) in [6, 6.07) is 14.0. The zero-order valence-corrected chi connectivity index (χ0v) is 11.3. The maximum atomic E-state index is 9.26. The average molecular weight is 265 g/mol. The lowest BCUT2D eigenvalue weighted by molar-refractivity contribution is 0.0666. The lowest BCUT2D eigenvalue weighted by atomic mass is 10.0. The maximum Gasteiger partial charge on any atom is 0.131 e. The molecule has 1 N–H and O–H groups in total. The lowest BCUT2D eigenvalue weighted by Gasteiger charge is -2.27. The summed E-state index contributed by atoms with van der Waals surface area (Å²) in [7, 11) is 0. The van der Waals surface area contributed by atoms with Gasteiger partial charge in [0.15, 0.2) is 0 Å². The van der Waals surface area contributed by atoms with E-state index < -0.39 is 11.2 Å². The van der Waals surface area contributed by atoms with Gasteiger partial charge in [-0.3, -0.25) is 0 Å². The summed E-state index contributed by atoms with van der Waals surface area (Å²) in [6.07, 6.45) is 0.373. The third kappa shape index (κ3) is 3.15. The largest absolute Gasteiger partial charge is 0.487 e. The molecule has 96 valence electrons. The van der Waals surface area contributed by atoms with E-state index in [1.54, 1.807) is 0 Å². The molecular weight excluding hydrogens is 248 g/mol. The number of ether oxygens (including phenoxy) is 1. The van der Waals surface area contributed by atoms with Crippen molar-refractivity contribution in [2.45, 2.75) is 31.4 Å². The van der Waals surface area contributed by atoms with E-state index in [1.807, 2.05) is 56.3 Å². The molecule has 0 fully saturated rings. The van der Waals surface area contributed by atoms with E-state index in [9.17, 15) is 5.11 Å². The van der Waals surface area contributed by atoms with Crippen LogP contribution in [0, 0.1) is 0 Å². The predicted octanol–water partition coefficient (Wildman–Crippen LogP) is 3.94. The predicted molar refractivity (Wildman–Crippen MR) is 75.1 cm³/mol. The summed E-state index contributed by atoms with van der Waals surface area (Å²) in [5.74, 6) is 0.815. The lowest BCUT2D eigenvalue weighted by Crippen LogP contribution is -2.31. The van der Waals surface area contributed by atoms with Gasteiger partial charge in [0.2, 0.25) is 0 Å². The summed E-state index contributed by atoms with van der Waals surface area (Å²) < 4.78 is 5.98. The molecule has 0 saturated heterocycles. The van der Waals surface area contributed by atoms with Crippen LogP contribution < -0.4 is 4.74 Å². The van der Waals surface area contributed by atoms with Gasteiger partial charge in [0, 0.05) is 11.8 Å². The number of aliphatic hydroxyl groups excluding tert-OH is 1. The Balaban J connectivity index is 2.32. The van der Waals surface area contributed by atoms with Crippen LogP contribution in [0.4, 0.5) is 0 Å². The van der Waals surface area contributed by atoms with E-state index in [1.165, 1.54) is 0 Å². The smallest absolute Gasteiger partial charge is 0.131 e. The number of hydrogen-bond donors (Lipinski definition) is 1. The first-order valence-electron chi connectivity index (χ1n) is 5.97. The molecule has 0 aliphatic heterocycles. The summed E-state index contributed by atoms with van der Waals surface area (Å²) in [6.45, 7) is 3.83. The van der Waals surface area contributed by atoms with E-state index in [-0.39, 0.29) is 0 Å². The minimum absolute atomic E-state index is 0.373. The van der Waals surface area contributed by atoms with Crippen molar-refractivity contribution in [3.63, 3.8) is 0 Å². The maximum absolute atomic E-state index is 9.26. The molecular formula is C15H17ClO2. The summed E-state index contributed by atoms with van der Waals surface area (Å²) in [5.41, 5.74) is -1.40. The minimum Gasteiger partial charge on any atom is -0.487 e. The van der Waals surface area contributed by atoms with Gasteiger partial charge in [0.25, 0.3) is 0 Å². The van der Waals surface area contributed by atoms with Crippen molar-refractivity contribution in [2.75, 3.05) is 0 Å². The molecule has 2 aromatic carbocycles. The second-order valence-corrected chi connectivity index (χ2v) is 5.48. The molecule has 0 bridgehead atoms. The topological polar surface area (TPSA) is 29.5 Å². The first-order valence-corrected chi connectivity index (χ1v) is 6.40. The highest BCUT2D eigenvalue weighted by molar-refractivity contribution is 6.19. The van der Waals surface area contributed by atoms with Gasteiger partial charge in [-0.25, -0.2) is 0 Å². The van der Waals surface area contributed by atoms with Crippen LogP contribution in [0.3, 0.4) is 0 Å². The number of fused-ring (bicyclic) bond motifs is 1. The van der Waals surface area contributed by atoms with Crippen molar-refractivity contribution < 1.29 is 9.84 Å². The first-order chi connectivity index (χ1) is 8.48.